The Morgan fingerprint density at radius 2 is 1.26 bits per heavy atom. The number of rotatable bonds is 6. The first-order valence-corrected chi connectivity index (χ1v) is 21.4. The van der Waals surface area contributed by atoms with E-state index < -0.39 is 5.41 Å². The molecule has 9 rings (SSSR count). The molecule has 0 fully saturated rings. The van der Waals surface area contributed by atoms with Crippen molar-refractivity contribution in [1.82, 2.24) is 4.98 Å². The van der Waals surface area contributed by atoms with Gasteiger partial charge >= 0.3 is 0 Å². The standard InChI is InChI=1S/C52H48N.C5H8O2.Ir/c1-8-9-15-33-22-24-41-42-25-23-34(31-47(42)52(46(41)28-33)44-19-12-10-16-39(44)40-17-11-13-20-45(40)52)48-27-26-43-38(18-14-21-49(43)53-48)35-29-36(50(2,3)4)32-37(30-35)51(5,6)7;1-4(6)3-5(2)7;/h10-14,16-22,24-32H,8-9,15H2,1-7H3;3,6H,1-2H3;/q-1;;/b;4-3-;. The quantitative estimate of drug-likeness (QED) is 0.103. The van der Waals surface area contributed by atoms with Crippen LogP contribution >= 0.6 is 0 Å². The monoisotopic (exact) mass is 979 g/mol. The van der Waals surface area contributed by atoms with Crippen molar-refractivity contribution in [1.29, 1.82) is 0 Å². The molecule has 0 saturated heterocycles. The smallest absolute Gasteiger partial charge is 0.155 e. The number of hydrogen-bond acceptors (Lipinski definition) is 3. The molecule has 1 aromatic heterocycles. The normalized spacial score (nSPS) is 13.4. The third kappa shape index (κ3) is 7.98. The second kappa shape index (κ2) is 16.8. The maximum absolute atomic E-state index is 10.0. The zero-order valence-corrected chi connectivity index (χ0v) is 39.4. The van der Waals surface area contributed by atoms with Crippen molar-refractivity contribution in [2.24, 2.45) is 0 Å². The average Bonchev–Trinajstić information content (AvgIpc) is 3.68. The van der Waals surface area contributed by atoms with Gasteiger partial charge in [0.2, 0.25) is 0 Å². The van der Waals surface area contributed by atoms with Gasteiger partial charge in [-0.15, -0.1) is 29.3 Å². The van der Waals surface area contributed by atoms with Crippen molar-refractivity contribution in [3.05, 3.63) is 184 Å². The minimum absolute atomic E-state index is 0. The van der Waals surface area contributed by atoms with E-state index in [4.69, 9.17) is 10.1 Å². The van der Waals surface area contributed by atoms with Crippen LogP contribution in [0.4, 0.5) is 0 Å². The molecule has 1 radical (unpaired) electrons. The molecule has 6 aromatic carbocycles. The molecule has 7 aromatic rings. The molecule has 2 aliphatic carbocycles. The zero-order valence-electron chi connectivity index (χ0n) is 37.0. The molecular weight excluding hydrogens is 923 g/mol. The van der Waals surface area contributed by atoms with Crippen molar-refractivity contribution >= 4 is 16.7 Å². The predicted molar refractivity (Wildman–Crippen MR) is 251 cm³/mol. The summed E-state index contributed by atoms with van der Waals surface area (Å²) < 4.78 is 0. The van der Waals surface area contributed by atoms with Gasteiger partial charge in [0.15, 0.2) is 5.78 Å². The van der Waals surface area contributed by atoms with E-state index in [0.29, 0.717) is 0 Å². The van der Waals surface area contributed by atoms with Crippen molar-refractivity contribution in [3.8, 4) is 44.6 Å². The summed E-state index contributed by atoms with van der Waals surface area (Å²) >= 11 is 0. The van der Waals surface area contributed by atoms with Crippen LogP contribution in [0.1, 0.15) is 114 Å². The number of pyridine rings is 1. The van der Waals surface area contributed by atoms with E-state index in [-0.39, 0.29) is 42.5 Å². The van der Waals surface area contributed by atoms with Gasteiger partial charge in [-0.2, -0.15) is 0 Å². The molecule has 0 atom stereocenters. The summed E-state index contributed by atoms with van der Waals surface area (Å²) in [5.41, 5.74) is 20.0. The minimum atomic E-state index is -0.392. The largest absolute Gasteiger partial charge is 0.512 e. The summed E-state index contributed by atoms with van der Waals surface area (Å²) in [5.74, 6) is -0.0625. The molecule has 4 heteroatoms. The van der Waals surface area contributed by atoms with E-state index in [1.807, 2.05) is 0 Å². The fourth-order valence-electron chi connectivity index (χ4n) is 9.31. The van der Waals surface area contributed by atoms with Gasteiger partial charge in [-0.25, -0.2) is 0 Å². The van der Waals surface area contributed by atoms with Crippen molar-refractivity contribution in [3.63, 3.8) is 0 Å². The predicted octanol–water partition coefficient (Wildman–Crippen LogP) is 14.7. The summed E-state index contributed by atoms with van der Waals surface area (Å²) in [6.07, 6.45) is 4.64. The van der Waals surface area contributed by atoms with Gasteiger partial charge < -0.3 is 5.11 Å². The van der Waals surface area contributed by atoms with Crippen LogP contribution in [-0.2, 0) is 47.6 Å². The molecule has 311 valence electrons. The molecule has 0 saturated carbocycles. The number of fused-ring (bicyclic) bond motifs is 11. The van der Waals surface area contributed by atoms with Crippen LogP contribution in [0.15, 0.2) is 139 Å². The van der Waals surface area contributed by atoms with Gasteiger partial charge in [-0.05, 0) is 105 Å². The number of unbranched alkanes of at least 4 members (excludes halogenated alkanes) is 1. The van der Waals surface area contributed by atoms with Crippen LogP contribution < -0.4 is 0 Å². The molecule has 1 heterocycles. The van der Waals surface area contributed by atoms with Crippen LogP contribution in [0.25, 0.3) is 55.5 Å². The molecule has 0 unspecified atom stereocenters. The van der Waals surface area contributed by atoms with Crippen LogP contribution in [-0.4, -0.2) is 15.9 Å². The summed E-state index contributed by atoms with van der Waals surface area (Å²) in [6, 6.07) is 52.0. The van der Waals surface area contributed by atoms with Crippen LogP contribution in [0.3, 0.4) is 0 Å². The Bertz CT molecular complexity index is 2750. The molecule has 61 heavy (non-hydrogen) atoms. The molecule has 3 nitrogen and oxygen atoms in total. The minimum Gasteiger partial charge on any atom is -0.512 e. The Hall–Kier alpha value is -5.41. The molecule has 2 aliphatic rings. The van der Waals surface area contributed by atoms with Gasteiger partial charge in [0.05, 0.1) is 16.7 Å². The summed E-state index contributed by atoms with van der Waals surface area (Å²) in [5, 5.41) is 9.53. The summed E-state index contributed by atoms with van der Waals surface area (Å²) in [6.45, 7) is 19.0. The number of allylic oxidation sites excluding steroid dienone is 2. The number of ketones is 1. The number of carbonyl (C=O) groups excluding carboxylic acids is 1. The number of hydrogen-bond donors (Lipinski definition) is 1. The van der Waals surface area contributed by atoms with Crippen LogP contribution in [0, 0.1) is 6.07 Å². The van der Waals surface area contributed by atoms with Crippen molar-refractivity contribution < 1.29 is 30.0 Å². The van der Waals surface area contributed by atoms with E-state index >= 15 is 0 Å². The van der Waals surface area contributed by atoms with Gasteiger partial charge in [0.1, 0.15) is 0 Å². The van der Waals surface area contributed by atoms with Crippen LogP contribution in [0.2, 0.25) is 0 Å². The zero-order chi connectivity index (χ0) is 42.6. The van der Waals surface area contributed by atoms with E-state index in [9.17, 15) is 4.79 Å². The Labute approximate surface area is 376 Å². The first-order valence-electron chi connectivity index (χ1n) is 21.4. The number of aryl methyl sites for hydroxylation is 1. The molecule has 1 spiro atoms. The molecular formula is C57H56IrNO2-. The van der Waals surface area contributed by atoms with Crippen LogP contribution in [0.5, 0.6) is 0 Å². The van der Waals surface area contributed by atoms with E-state index in [1.54, 1.807) is 0 Å². The Morgan fingerprint density at radius 1 is 0.672 bits per heavy atom. The summed E-state index contributed by atoms with van der Waals surface area (Å²) in [4.78, 5) is 15.4. The molecule has 0 bridgehead atoms. The maximum atomic E-state index is 10.0. The fourth-order valence-corrected chi connectivity index (χ4v) is 9.31. The third-order valence-corrected chi connectivity index (χ3v) is 12.3. The number of aliphatic hydroxyl groups excluding tert-OH is 1. The molecule has 0 amide bonds. The van der Waals surface area contributed by atoms with E-state index in [1.165, 1.54) is 110 Å². The third-order valence-electron chi connectivity index (χ3n) is 12.3. The molecule has 1 N–H and O–H groups in total. The Balaban J connectivity index is 0.000000648. The van der Waals surface area contributed by atoms with Gasteiger partial charge in [-0.1, -0.05) is 175 Å². The number of carbonyl (C=O) groups is 1. The topological polar surface area (TPSA) is 50.2 Å². The first-order chi connectivity index (χ1) is 28.6. The fraction of sp³-hybridized carbons (Fsp3) is 0.263. The van der Waals surface area contributed by atoms with Gasteiger partial charge in [-0.3, -0.25) is 9.78 Å². The van der Waals surface area contributed by atoms with Gasteiger partial charge in [0, 0.05) is 31.6 Å². The van der Waals surface area contributed by atoms with Crippen molar-refractivity contribution in [2.45, 2.75) is 97.8 Å². The van der Waals surface area contributed by atoms with Crippen molar-refractivity contribution in [2.75, 3.05) is 0 Å². The number of benzene rings is 6. The average molecular weight is 979 g/mol. The Kier molecular flexibility index (Phi) is 12.0. The van der Waals surface area contributed by atoms with Gasteiger partial charge in [0.25, 0.3) is 0 Å². The number of nitrogens with zero attached hydrogens (tertiary/aromatic N) is 1. The number of aliphatic hydroxyl groups is 1. The SMILES string of the molecule is CC(=O)/C=C(/C)O.CCCCc1ccc2c(c1)C1(c3ccccc3-c3ccccc31)c1cc(-c3ccc4c(-c5cc(C(C)(C)C)cc(C(C)(C)C)c5)cccc4n3)[c-]cc1-2.[Ir]. The van der Waals surface area contributed by atoms with E-state index in [0.717, 1.165) is 23.2 Å². The second-order valence-corrected chi connectivity index (χ2v) is 18.8. The summed E-state index contributed by atoms with van der Waals surface area (Å²) in [7, 11) is 0. The second-order valence-electron chi connectivity index (χ2n) is 18.8. The Morgan fingerprint density at radius 3 is 1.84 bits per heavy atom. The number of aromatic nitrogens is 1. The maximum Gasteiger partial charge on any atom is 0.155 e. The molecule has 0 aliphatic heterocycles. The first kappa shape index (κ1) is 43.7. The van der Waals surface area contributed by atoms with E-state index in [2.05, 4.69) is 182 Å².